The Morgan fingerprint density at radius 2 is 1.96 bits per heavy atom. The van der Waals surface area contributed by atoms with Crippen molar-refractivity contribution in [2.45, 2.75) is 37.9 Å². The molecule has 2 fully saturated rings. The van der Waals surface area contributed by atoms with Crippen molar-refractivity contribution in [1.29, 1.82) is 0 Å². The summed E-state index contributed by atoms with van der Waals surface area (Å²) in [6.07, 6.45) is 4.79. The summed E-state index contributed by atoms with van der Waals surface area (Å²) in [7, 11) is 1.94. The minimum Gasteiger partial charge on any atom is -0.367 e. The molecule has 2 aliphatic heterocycles. The summed E-state index contributed by atoms with van der Waals surface area (Å²) < 4.78 is 7.75. The van der Waals surface area contributed by atoms with Crippen LogP contribution in [-0.4, -0.2) is 51.6 Å². The van der Waals surface area contributed by atoms with E-state index < -0.39 is 6.10 Å². The van der Waals surface area contributed by atoms with Gasteiger partial charge in [-0.2, -0.15) is 0 Å². The summed E-state index contributed by atoms with van der Waals surface area (Å²) in [5, 5.41) is 0. The Morgan fingerprint density at radius 3 is 2.65 bits per heavy atom. The van der Waals surface area contributed by atoms with E-state index in [1.54, 1.807) is 6.33 Å². The van der Waals surface area contributed by atoms with E-state index in [1.807, 2.05) is 34.7 Å². The molecule has 3 heterocycles. The van der Waals surface area contributed by atoms with Crippen LogP contribution in [0.3, 0.4) is 0 Å². The van der Waals surface area contributed by atoms with Crippen LogP contribution in [0.4, 0.5) is 0 Å². The van der Waals surface area contributed by atoms with Gasteiger partial charge in [0.25, 0.3) is 5.91 Å². The van der Waals surface area contributed by atoms with E-state index in [0.29, 0.717) is 31.0 Å². The van der Waals surface area contributed by atoms with Gasteiger partial charge in [-0.3, -0.25) is 9.59 Å². The number of likely N-dealkylation sites (tertiary alicyclic amines) is 1. The van der Waals surface area contributed by atoms with Crippen molar-refractivity contribution in [3.63, 3.8) is 0 Å². The zero-order chi connectivity index (χ0) is 18.3. The molecule has 0 spiro atoms. The van der Waals surface area contributed by atoms with E-state index in [4.69, 9.17) is 10.5 Å². The number of aryl methyl sites for hydroxylation is 1. The normalized spacial score (nSPS) is 24.3. The Kier molecular flexibility index (Phi) is 4.40. The highest BCUT2D eigenvalue weighted by Crippen LogP contribution is 2.32. The lowest BCUT2D eigenvalue weighted by Crippen LogP contribution is -2.41. The number of primary amides is 1. The molecule has 2 aliphatic rings. The second-order valence-corrected chi connectivity index (χ2v) is 7.33. The molecule has 0 unspecified atom stereocenters. The molecule has 4 rings (SSSR count). The maximum atomic E-state index is 12.8. The van der Waals surface area contributed by atoms with Gasteiger partial charge in [0.05, 0.1) is 23.5 Å². The van der Waals surface area contributed by atoms with Crippen molar-refractivity contribution in [3.05, 3.63) is 30.1 Å². The number of carbonyl (C=O) groups excluding carboxylic acids is 2. The van der Waals surface area contributed by atoms with Crippen molar-refractivity contribution in [2.75, 3.05) is 13.1 Å². The fourth-order valence-electron chi connectivity index (χ4n) is 4.14. The molecule has 2 saturated heterocycles. The monoisotopic (exact) mass is 356 g/mol. The zero-order valence-electron chi connectivity index (χ0n) is 14.9. The van der Waals surface area contributed by atoms with Crippen LogP contribution in [0.1, 0.15) is 36.0 Å². The van der Waals surface area contributed by atoms with Crippen LogP contribution >= 0.6 is 0 Å². The number of benzene rings is 1. The zero-order valence-corrected chi connectivity index (χ0v) is 14.9. The molecular weight excluding hydrogens is 332 g/mol. The van der Waals surface area contributed by atoms with E-state index in [1.165, 1.54) is 0 Å². The molecule has 1 aromatic carbocycles. The molecule has 138 valence electrons. The Bertz CT molecular complexity index is 838. The molecule has 0 aliphatic carbocycles. The van der Waals surface area contributed by atoms with E-state index in [2.05, 4.69) is 4.98 Å². The fourth-order valence-corrected chi connectivity index (χ4v) is 4.14. The van der Waals surface area contributed by atoms with Crippen LogP contribution in [0.15, 0.2) is 24.5 Å². The van der Waals surface area contributed by atoms with Crippen LogP contribution in [0.25, 0.3) is 11.0 Å². The van der Waals surface area contributed by atoms with E-state index in [-0.39, 0.29) is 17.9 Å². The third-order valence-electron chi connectivity index (χ3n) is 5.69. The first-order valence-electron chi connectivity index (χ1n) is 9.18. The van der Waals surface area contributed by atoms with Gasteiger partial charge in [-0.1, -0.05) is 0 Å². The van der Waals surface area contributed by atoms with Gasteiger partial charge in [0, 0.05) is 25.7 Å². The molecule has 2 atom stereocenters. The molecule has 0 bridgehead atoms. The second kappa shape index (κ2) is 6.72. The molecule has 26 heavy (non-hydrogen) atoms. The number of carbonyl (C=O) groups is 2. The van der Waals surface area contributed by atoms with Crippen LogP contribution in [0.5, 0.6) is 0 Å². The van der Waals surface area contributed by atoms with Crippen molar-refractivity contribution in [3.8, 4) is 0 Å². The maximum Gasteiger partial charge on any atom is 0.253 e. The predicted octanol–water partition coefficient (Wildman–Crippen LogP) is 1.46. The largest absolute Gasteiger partial charge is 0.367 e. The number of imidazole rings is 1. The van der Waals surface area contributed by atoms with Crippen LogP contribution < -0.4 is 5.73 Å². The number of nitrogens with two attached hydrogens (primary N) is 1. The highest BCUT2D eigenvalue weighted by Gasteiger charge is 2.36. The van der Waals surface area contributed by atoms with Gasteiger partial charge in [-0.05, 0) is 49.8 Å². The highest BCUT2D eigenvalue weighted by atomic mass is 16.5. The number of nitrogens with zero attached hydrogens (tertiary/aromatic N) is 3. The maximum absolute atomic E-state index is 12.8. The van der Waals surface area contributed by atoms with Crippen LogP contribution in [-0.2, 0) is 16.6 Å². The van der Waals surface area contributed by atoms with E-state index in [0.717, 1.165) is 30.3 Å². The smallest absolute Gasteiger partial charge is 0.253 e. The Morgan fingerprint density at radius 1 is 1.19 bits per heavy atom. The van der Waals surface area contributed by atoms with Crippen molar-refractivity contribution in [1.82, 2.24) is 14.5 Å². The lowest BCUT2D eigenvalue weighted by Gasteiger charge is -2.34. The van der Waals surface area contributed by atoms with Gasteiger partial charge in [0.2, 0.25) is 5.91 Å². The summed E-state index contributed by atoms with van der Waals surface area (Å²) >= 11 is 0. The van der Waals surface area contributed by atoms with E-state index >= 15 is 0 Å². The standard InChI is InChI=1S/C19H24N4O3/c1-22-11-21-14-10-13(2-3-15(14)22)19(25)23-8-6-12(7-9-23)16-4-5-17(26-16)18(20)24/h2-3,10-12,16-17H,4-9H2,1H3,(H2,20,24)/t16-,17+/m0/s1. The quantitative estimate of drug-likeness (QED) is 0.901. The first kappa shape index (κ1) is 17.0. The molecule has 0 saturated carbocycles. The Balaban J connectivity index is 1.38. The summed E-state index contributed by atoms with van der Waals surface area (Å²) in [6.45, 7) is 1.43. The predicted molar refractivity (Wildman–Crippen MR) is 96.4 cm³/mol. The first-order valence-corrected chi connectivity index (χ1v) is 9.18. The minimum atomic E-state index is -0.440. The van der Waals surface area contributed by atoms with Crippen molar-refractivity contribution >= 4 is 22.8 Å². The van der Waals surface area contributed by atoms with Gasteiger partial charge < -0.3 is 19.9 Å². The van der Waals surface area contributed by atoms with Crippen LogP contribution in [0.2, 0.25) is 0 Å². The lowest BCUT2D eigenvalue weighted by molar-refractivity contribution is -0.130. The SMILES string of the molecule is Cn1cnc2cc(C(=O)N3CCC([C@@H]4CC[C@H](C(N)=O)O4)CC3)ccc21. The summed E-state index contributed by atoms with van der Waals surface area (Å²) in [6, 6.07) is 5.68. The summed E-state index contributed by atoms with van der Waals surface area (Å²) in [5.41, 5.74) is 7.87. The molecule has 7 heteroatoms. The van der Waals surface area contributed by atoms with Gasteiger partial charge in [0.15, 0.2) is 0 Å². The van der Waals surface area contributed by atoms with Crippen LogP contribution in [0, 0.1) is 5.92 Å². The summed E-state index contributed by atoms with van der Waals surface area (Å²) in [4.78, 5) is 30.3. The third-order valence-corrected chi connectivity index (χ3v) is 5.69. The summed E-state index contributed by atoms with van der Waals surface area (Å²) in [5.74, 6) is 0.0741. The first-order chi connectivity index (χ1) is 12.5. The Hall–Kier alpha value is -2.41. The molecule has 1 aromatic heterocycles. The number of hydrogen-bond donors (Lipinski definition) is 1. The molecule has 0 radical (unpaired) electrons. The van der Waals surface area contributed by atoms with E-state index in [9.17, 15) is 9.59 Å². The number of piperidine rings is 1. The van der Waals surface area contributed by atoms with Crippen molar-refractivity contribution < 1.29 is 14.3 Å². The molecule has 2 aromatic rings. The number of rotatable bonds is 3. The molecule has 2 N–H and O–H groups in total. The fraction of sp³-hybridized carbons (Fsp3) is 0.526. The molecular formula is C19H24N4O3. The number of aromatic nitrogens is 2. The Labute approximate surface area is 152 Å². The number of hydrogen-bond acceptors (Lipinski definition) is 4. The number of fused-ring (bicyclic) bond motifs is 1. The second-order valence-electron chi connectivity index (χ2n) is 7.33. The van der Waals surface area contributed by atoms with Gasteiger partial charge >= 0.3 is 0 Å². The highest BCUT2D eigenvalue weighted by molar-refractivity contribution is 5.97. The average molecular weight is 356 g/mol. The molecule has 7 nitrogen and oxygen atoms in total. The van der Waals surface area contributed by atoms with Gasteiger partial charge in [-0.15, -0.1) is 0 Å². The molecule has 2 amide bonds. The van der Waals surface area contributed by atoms with Gasteiger partial charge in [-0.25, -0.2) is 4.98 Å². The average Bonchev–Trinajstić information content (AvgIpc) is 3.29. The minimum absolute atomic E-state index is 0.0540. The topological polar surface area (TPSA) is 90.5 Å². The van der Waals surface area contributed by atoms with Gasteiger partial charge in [0.1, 0.15) is 6.10 Å². The lowest BCUT2D eigenvalue weighted by atomic mass is 9.89. The number of ether oxygens (including phenoxy) is 1. The third kappa shape index (κ3) is 3.07. The number of amides is 2. The van der Waals surface area contributed by atoms with Crippen molar-refractivity contribution in [2.24, 2.45) is 18.7 Å².